The van der Waals surface area contributed by atoms with Crippen LogP contribution in [0.1, 0.15) is 5.56 Å². The van der Waals surface area contributed by atoms with Crippen molar-refractivity contribution in [2.45, 2.75) is 6.61 Å². The molecule has 4 aromatic rings. The van der Waals surface area contributed by atoms with Crippen LogP contribution in [0.25, 0.3) is 33.1 Å². The lowest BCUT2D eigenvalue weighted by Crippen LogP contribution is -2.07. The molecule has 1 aliphatic heterocycles. The van der Waals surface area contributed by atoms with E-state index >= 15 is 0 Å². The standard InChI is InChI=1S/C18H12BrN3O/c1-22-15-5-2-10-6-11-9-23-16-7-12(19)3-4-13(16)18(11)21-17(10)14(15)8-20-22/h2-8H,9H2,1H3. The summed E-state index contributed by atoms with van der Waals surface area (Å²) in [7, 11) is 1.95. The second kappa shape index (κ2) is 4.55. The lowest BCUT2D eigenvalue weighted by molar-refractivity contribution is 0.301. The molecule has 4 nitrogen and oxygen atoms in total. The highest BCUT2D eigenvalue weighted by Gasteiger charge is 2.20. The molecule has 0 spiro atoms. The third kappa shape index (κ3) is 1.83. The number of hydrogen-bond acceptors (Lipinski definition) is 3. The van der Waals surface area contributed by atoms with Crippen molar-refractivity contribution >= 4 is 37.7 Å². The number of aryl methyl sites for hydroxylation is 1. The third-order valence-corrected chi connectivity index (χ3v) is 4.87. The van der Waals surface area contributed by atoms with Crippen LogP contribution in [0, 0.1) is 0 Å². The van der Waals surface area contributed by atoms with Gasteiger partial charge in [-0.15, -0.1) is 0 Å². The summed E-state index contributed by atoms with van der Waals surface area (Å²) in [6, 6.07) is 12.4. The topological polar surface area (TPSA) is 39.9 Å². The van der Waals surface area contributed by atoms with E-state index in [0.717, 1.165) is 48.8 Å². The molecule has 2 aromatic carbocycles. The smallest absolute Gasteiger partial charge is 0.130 e. The predicted octanol–water partition coefficient (Wildman–Crippen LogP) is 4.44. The van der Waals surface area contributed by atoms with Gasteiger partial charge < -0.3 is 4.74 Å². The summed E-state index contributed by atoms with van der Waals surface area (Å²) in [6.07, 6.45) is 1.89. The molecule has 3 heterocycles. The largest absolute Gasteiger partial charge is 0.488 e. The first-order chi connectivity index (χ1) is 11.2. The Kier molecular flexibility index (Phi) is 2.59. The monoisotopic (exact) mass is 365 g/mol. The van der Waals surface area contributed by atoms with Gasteiger partial charge in [-0.05, 0) is 30.3 Å². The van der Waals surface area contributed by atoms with E-state index in [1.54, 1.807) is 0 Å². The fraction of sp³-hybridized carbons (Fsp3) is 0.111. The van der Waals surface area contributed by atoms with Gasteiger partial charge >= 0.3 is 0 Å². The average Bonchev–Trinajstić information content (AvgIpc) is 2.94. The molecular weight excluding hydrogens is 354 g/mol. The minimum Gasteiger partial charge on any atom is -0.488 e. The van der Waals surface area contributed by atoms with Crippen LogP contribution in [0.5, 0.6) is 5.75 Å². The highest BCUT2D eigenvalue weighted by Crippen LogP contribution is 2.39. The van der Waals surface area contributed by atoms with E-state index in [-0.39, 0.29) is 0 Å². The molecule has 0 amide bonds. The van der Waals surface area contributed by atoms with E-state index in [0.29, 0.717) is 6.61 Å². The minimum absolute atomic E-state index is 0.548. The molecule has 5 heteroatoms. The van der Waals surface area contributed by atoms with Crippen molar-refractivity contribution in [1.82, 2.24) is 14.8 Å². The van der Waals surface area contributed by atoms with E-state index in [2.05, 4.69) is 45.3 Å². The van der Waals surface area contributed by atoms with E-state index in [9.17, 15) is 0 Å². The normalized spacial score (nSPS) is 13.0. The van der Waals surface area contributed by atoms with Gasteiger partial charge in [-0.2, -0.15) is 5.10 Å². The van der Waals surface area contributed by atoms with Crippen molar-refractivity contribution in [2.75, 3.05) is 0 Å². The summed E-state index contributed by atoms with van der Waals surface area (Å²) in [5, 5.41) is 6.56. The average molecular weight is 366 g/mol. The quantitative estimate of drug-likeness (QED) is 0.462. The maximum absolute atomic E-state index is 5.88. The molecule has 2 aromatic heterocycles. The molecule has 0 saturated carbocycles. The van der Waals surface area contributed by atoms with Gasteiger partial charge in [0.1, 0.15) is 12.4 Å². The fourth-order valence-electron chi connectivity index (χ4n) is 3.22. The van der Waals surface area contributed by atoms with Crippen LogP contribution in [0.15, 0.2) is 47.1 Å². The number of rotatable bonds is 0. The maximum Gasteiger partial charge on any atom is 0.130 e. The second-order valence-electron chi connectivity index (χ2n) is 5.76. The summed E-state index contributed by atoms with van der Waals surface area (Å²) in [5.74, 6) is 0.872. The molecule has 23 heavy (non-hydrogen) atoms. The zero-order chi connectivity index (χ0) is 15.6. The molecule has 0 unspecified atom stereocenters. The fourth-order valence-corrected chi connectivity index (χ4v) is 3.56. The highest BCUT2D eigenvalue weighted by atomic mass is 79.9. The van der Waals surface area contributed by atoms with Crippen LogP contribution in [-0.2, 0) is 13.7 Å². The van der Waals surface area contributed by atoms with Crippen LogP contribution in [0.2, 0.25) is 0 Å². The summed E-state index contributed by atoms with van der Waals surface area (Å²) < 4.78 is 8.77. The van der Waals surface area contributed by atoms with Crippen LogP contribution in [0.4, 0.5) is 0 Å². The first kappa shape index (κ1) is 13.1. The molecule has 0 N–H and O–H groups in total. The van der Waals surface area contributed by atoms with Gasteiger partial charge in [0.05, 0.1) is 22.9 Å². The van der Waals surface area contributed by atoms with E-state index in [1.807, 2.05) is 30.1 Å². The Bertz CT molecular complexity index is 1100. The van der Waals surface area contributed by atoms with E-state index in [4.69, 9.17) is 9.72 Å². The zero-order valence-corrected chi connectivity index (χ0v) is 14.0. The SMILES string of the molecule is Cn1ncc2c3nc4c(cc3ccc21)COc1cc(Br)ccc1-4. The van der Waals surface area contributed by atoms with E-state index in [1.165, 1.54) is 0 Å². The minimum atomic E-state index is 0.548. The first-order valence-electron chi connectivity index (χ1n) is 7.38. The number of hydrogen-bond donors (Lipinski definition) is 0. The zero-order valence-electron chi connectivity index (χ0n) is 12.4. The number of nitrogens with zero attached hydrogens (tertiary/aromatic N) is 3. The van der Waals surface area contributed by atoms with Crippen LogP contribution in [-0.4, -0.2) is 14.8 Å². The molecule has 0 bridgehead atoms. The van der Waals surface area contributed by atoms with Crippen molar-refractivity contribution in [3.05, 3.63) is 52.6 Å². The Morgan fingerprint density at radius 3 is 3.00 bits per heavy atom. The van der Waals surface area contributed by atoms with Crippen LogP contribution < -0.4 is 4.74 Å². The Labute approximate surface area is 140 Å². The Morgan fingerprint density at radius 1 is 1.17 bits per heavy atom. The number of pyridine rings is 1. The summed E-state index contributed by atoms with van der Waals surface area (Å²) >= 11 is 3.49. The van der Waals surface area contributed by atoms with Gasteiger partial charge in [0.2, 0.25) is 0 Å². The van der Waals surface area contributed by atoms with Crippen molar-refractivity contribution < 1.29 is 4.74 Å². The molecule has 0 radical (unpaired) electrons. The third-order valence-electron chi connectivity index (χ3n) is 4.37. The summed E-state index contributed by atoms with van der Waals surface area (Å²) in [6.45, 7) is 0.548. The maximum atomic E-state index is 5.88. The number of aromatic nitrogens is 3. The lowest BCUT2D eigenvalue weighted by atomic mass is 10.00. The number of ether oxygens (including phenoxy) is 1. The van der Waals surface area contributed by atoms with Crippen molar-refractivity contribution in [3.63, 3.8) is 0 Å². The van der Waals surface area contributed by atoms with Gasteiger partial charge in [-0.3, -0.25) is 4.68 Å². The van der Waals surface area contributed by atoms with E-state index < -0.39 is 0 Å². The Hall–Kier alpha value is -2.40. The van der Waals surface area contributed by atoms with Crippen LogP contribution in [0.3, 0.4) is 0 Å². The van der Waals surface area contributed by atoms with Crippen molar-refractivity contribution in [1.29, 1.82) is 0 Å². The Balaban J connectivity index is 1.87. The van der Waals surface area contributed by atoms with Gasteiger partial charge in [0.25, 0.3) is 0 Å². The lowest BCUT2D eigenvalue weighted by Gasteiger charge is -2.20. The Morgan fingerprint density at radius 2 is 2.09 bits per heavy atom. The van der Waals surface area contributed by atoms with Gasteiger partial charge in [-0.25, -0.2) is 4.98 Å². The molecular formula is C18H12BrN3O. The van der Waals surface area contributed by atoms with Crippen molar-refractivity contribution in [2.24, 2.45) is 7.05 Å². The predicted molar refractivity (Wildman–Crippen MR) is 93.5 cm³/mol. The van der Waals surface area contributed by atoms with Gasteiger partial charge in [0, 0.05) is 33.4 Å². The molecule has 0 atom stereocenters. The molecule has 1 aliphatic rings. The number of benzene rings is 2. The van der Waals surface area contributed by atoms with Crippen LogP contribution >= 0.6 is 15.9 Å². The molecule has 112 valence electrons. The second-order valence-corrected chi connectivity index (χ2v) is 6.68. The molecule has 5 rings (SSSR count). The summed E-state index contributed by atoms with van der Waals surface area (Å²) in [4.78, 5) is 4.98. The first-order valence-corrected chi connectivity index (χ1v) is 8.17. The summed E-state index contributed by atoms with van der Waals surface area (Å²) in [5.41, 5.74) is 5.24. The van der Waals surface area contributed by atoms with Crippen molar-refractivity contribution in [3.8, 4) is 17.0 Å². The highest BCUT2D eigenvalue weighted by molar-refractivity contribution is 9.10. The number of halogens is 1. The van der Waals surface area contributed by atoms with Gasteiger partial charge in [0.15, 0.2) is 0 Å². The molecule has 0 fully saturated rings. The number of fused-ring (bicyclic) bond motifs is 6. The molecule has 0 saturated heterocycles. The molecule has 0 aliphatic carbocycles. The van der Waals surface area contributed by atoms with Gasteiger partial charge in [-0.1, -0.05) is 22.0 Å².